The lowest BCUT2D eigenvalue weighted by Gasteiger charge is -2.20. The fourth-order valence-electron chi connectivity index (χ4n) is 4.59. The highest BCUT2D eigenvalue weighted by molar-refractivity contribution is 6.23. The predicted octanol–water partition coefficient (Wildman–Crippen LogP) is 3.66. The second kappa shape index (κ2) is 5.82. The minimum Gasteiger partial charge on any atom is -0.455 e. The van der Waals surface area contributed by atoms with Crippen LogP contribution in [0.15, 0.2) is 60.7 Å². The number of anilines is 1. The molecule has 2 aromatic rings. The summed E-state index contributed by atoms with van der Waals surface area (Å²) in [7, 11) is 0. The van der Waals surface area contributed by atoms with Gasteiger partial charge in [-0.25, -0.2) is 4.90 Å². The molecular weight excluding hydrogens is 340 g/mol. The molecule has 0 spiro atoms. The molecule has 2 fully saturated rings. The predicted molar refractivity (Wildman–Crippen MR) is 97.9 cm³/mol. The van der Waals surface area contributed by atoms with Crippen LogP contribution in [-0.4, -0.2) is 11.8 Å². The number of hydrogen-bond donors (Lipinski definition) is 0. The number of carbonyl (C=O) groups excluding carboxylic acids is 2. The first-order valence-corrected chi connectivity index (χ1v) is 9.00. The molecule has 27 heavy (non-hydrogen) atoms. The van der Waals surface area contributed by atoms with Crippen molar-refractivity contribution in [1.82, 2.24) is 0 Å². The number of imide groups is 1. The molecule has 1 heterocycles. The lowest BCUT2D eigenvalue weighted by atomic mass is 9.85. The zero-order chi connectivity index (χ0) is 18.5. The normalized spacial score (nSPS) is 27.7. The molecule has 5 heteroatoms. The molecule has 1 aliphatic heterocycles. The first-order chi connectivity index (χ1) is 13.2. The Morgan fingerprint density at radius 3 is 2.19 bits per heavy atom. The van der Waals surface area contributed by atoms with Crippen molar-refractivity contribution in [3.8, 4) is 17.6 Å². The van der Waals surface area contributed by atoms with Crippen LogP contribution in [0.4, 0.5) is 5.69 Å². The standard InChI is InChI=1S/C22H16N2O3/c23-12-13-5-9-16(10-6-13)27-18-4-2-1-3-17(18)24-21(25)19-14-7-8-15(11-14)20(19)22(24)26/h1-10,14-15,19-20H,11H2/t14-,15+,19-,20-/m0/s1. The van der Waals surface area contributed by atoms with Gasteiger partial charge in [0.25, 0.3) is 0 Å². The van der Waals surface area contributed by atoms with Gasteiger partial charge in [0.1, 0.15) is 5.75 Å². The molecule has 2 aliphatic carbocycles. The molecule has 4 atom stereocenters. The molecule has 132 valence electrons. The van der Waals surface area contributed by atoms with E-state index in [1.807, 2.05) is 0 Å². The van der Waals surface area contributed by atoms with Gasteiger partial charge in [0.2, 0.25) is 11.8 Å². The maximum atomic E-state index is 13.1. The quantitative estimate of drug-likeness (QED) is 0.622. The highest BCUT2D eigenvalue weighted by atomic mass is 16.5. The van der Waals surface area contributed by atoms with E-state index >= 15 is 0 Å². The number of hydrogen-bond acceptors (Lipinski definition) is 4. The molecule has 1 saturated heterocycles. The highest BCUT2D eigenvalue weighted by Crippen LogP contribution is 2.54. The van der Waals surface area contributed by atoms with Crippen LogP contribution in [0.25, 0.3) is 0 Å². The Morgan fingerprint density at radius 1 is 0.926 bits per heavy atom. The summed E-state index contributed by atoms with van der Waals surface area (Å²) >= 11 is 0. The van der Waals surface area contributed by atoms with Crippen LogP contribution in [0.1, 0.15) is 12.0 Å². The summed E-state index contributed by atoms with van der Waals surface area (Å²) in [5.74, 6) is 0.606. The molecule has 2 bridgehead atoms. The third kappa shape index (κ3) is 2.30. The minimum absolute atomic E-state index is 0.127. The van der Waals surface area contributed by atoms with E-state index in [0.29, 0.717) is 22.7 Å². The summed E-state index contributed by atoms with van der Waals surface area (Å²) in [6.07, 6.45) is 5.07. The molecule has 0 N–H and O–H groups in total. The Balaban J connectivity index is 1.49. The largest absolute Gasteiger partial charge is 0.455 e. The summed E-state index contributed by atoms with van der Waals surface area (Å²) in [6, 6.07) is 15.9. The first-order valence-electron chi connectivity index (χ1n) is 9.00. The Labute approximate surface area is 156 Å². The molecule has 5 rings (SSSR count). The van der Waals surface area contributed by atoms with Gasteiger partial charge < -0.3 is 4.74 Å². The van der Waals surface area contributed by atoms with Gasteiger partial charge in [-0.2, -0.15) is 5.26 Å². The highest BCUT2D eigenvalue weighted by Gasteiger charge is 2.59. The zero-order valence-electron chi connectivity index (χ0n) is 14.4. The summed E-state index contributed by atoms with van der Waals surface area (Å²) in [4.78, 5) is 27.4. The van der Waals surface area contributed by atoms with E-state index in [4.69, 9.17) is 10.00 Å². The number of amides is 2. The van der Waals surface area contributed by atoms with Crippen LogP contribution in [-0.2, 0) is 9.59 Å². The van der Waals surface area contributed by atoms with Crippen molar-refractivity contribution in [2.24, 2.45) is 23.7 Å². The number of allylic oxidation sites excluding steroid dienone is 2. The van der Waals surface area contributed by atoms with Crippen LogP contribution in [0.2, 0.25) is 0 Å². The monoisotopic (exact) mass is 356 g/mol. The second-order valence-electron chi connectivity index (χ2n) is 7.22. The van der Waals surface area contributed by atoms with Gasteiger partial charge in [-0.3, -0.25) is 9.59 Å². The maximum Gasteiger partial charge on any atom is 0.238 e. The van der Waals surface area contributed by atoms with Crippen molar-refractivity contribution in [1.29, 1.82) is 5.26 Å². The number of para-hydroxylation sites is 2. The van der Waals surface area contributed by atoms with E-state index in [9.17, 15) is 9.59 Å². The Morgan fingerprint density at radius 2 is 1.56 bits per heavy atom. The van der Waals surface area contributed by atoms with Crippen LogP contribution in [0, 0.1) is 35.0 Å². The van der Waals surface area contributed by atoms with Gasteiger partial charge >= 0.3 is 0 Å². The number of benzene rings is 2. The Hall–Kier alpha value is -3.39. The van der Waals surface area contributed by atoms with Gasteiger partial charge in [-0.1, -0.05) is 24.3 Å². The molecule has 5 nitrogen and oxygen atoms in total. The third-order valence-corrected chi connectivity index (χ3v) is 5.79. The summed E-state index contributed by atoms with van der Waals surface area (Å²) < 4.78 is 5.94. The molecule has 0 unspecified atom stereocenters. The van der Waals surface area contributed by atoms with Crippen molar-refractivity contribution >= 4 is 17.5 Å². The number of fused-ring (bicyclic) bond motifs is 5. The average Bonchev–Trinajstić information content (AvgIpc) is 3.37. The van der Waals surface area contributed by atoms with Crippen molar-refractivity contribution in [2.45, 2.75) is 6.42 Å². The number of carbonyl (C=O) groups is 2. The number of ether oxygens (including phenoxy) is 1. The molecule has 0 aromatic heterocycles. The number of rotatable bonds is 3. The fraction of sp³-hybridized carbons (Fsp3) is 0.227. The summed E-state index contributed by atoms with van der Waals surface area (Å²) in [6.45, 7) is 0. The molecule has 1 saturated carbocycles. The number of nitrogens with zero attached hydrogens (tertiary/aromatic N) is 2. The molecule has 2 amide bonds. The summed E-state index contributed by atoms with van der Waals surface area (Å²) in [5, 5.41) is 8.91. The van der Waals surface area contributed by atoms with Gasteiger partial charge in [-0.15, -0.1) is 0 Å². The van der Waals surface area contributed by atoms with Crippen molar-refractivity contribution in [3.05, 3.63) is 66.2 Å². The second-order valence-corrected chi connectivity index (χ2v) is 7.22. The van der Waals surface area contributed by atoms with Crippen LogP contribution in [0.3, 0.4) is 0 Å². The van der Waals surface area contributed by atoms with E-state index in [0.717, 1.165) is 6.42 Å². The van der Waals surface area contributed by atoms with Crippen molar-refractivity contribution in [2.75, 3.05) is 4.90 Å². The van der Waals surface area contributed by atoms with E-state index < -0.39 is 0 Å². The molecular formula is C22H16N2O3. The van der Waals surface area contributed by atoms with E-state index in [-0.39, 0.29) is 35.5 Å². The molecule has 2 aromatic carbocycles. The topological polar surface area (TPSA) is 70.4 Å². The van der Waals surface area contributed by atoms with Gasteiger partial charge in [0, 0.05) is 0 Å². The summed E-state index contributed by atoms with van der Waals surface area (Å²) in [5.41, 5.74) is 1.02. The smallest absolute Gasteiger partial charge is 0.238 e. The molecule has 3 aliphatic rings. The van der Waals surface area contributed by atoms with Crippen molar-refractivity contribution < 1.29 is 14.3 Å². The SMILES string of the molecule is N#Cc1ccc(Oc2ccccc2N2C(=O)[C@@H]3[C@@H](C2=O)[C@H]2C=C[C@@H]3C2)cc1. The first kappa shape index (κ1) is 15.8. The Bertz CT molecular complexity index is 989. The van der Waals surface area contributed by atoms with Crippen molar-refractivity contribution in [3.63, 3.8) is 0 Å². The van der Waals surface area contributed by atoms with Gasteiger partial charge in [0.05, 0.1) is 29.2 Å². The number of nitriles is 1. The minimum atomic E-state index is -0.240. The maximum absolute atomic E-state index is 13.1. The third-order valence-electron chi connectivity index (χ3n) is 5.79. The lowest BCUT2D eigenvalue weighted by Crippen LogP contribution is -2.33. The lowest BCUT2D eigenvalue weighted by molar-refractivity contribution is -0.123. The average molecular weight is 356 g/mol. The zero-order valence-corrected chi connectivity index (χ0v) is 14.4. The van der Waals surface area contributed by atoms with E-state index in [1.165, 1.54) is 4.90 Å². The van der Waals surface area contributed by atoms with Gasteiger partial charge in [-0.05, 0) is 54.7 Å². The van der Waals surface area contributed by atoms with E-state index in [2.05, 4.69) is 18.2 Å². The fourth-order valence-corrected chi connectivity index (χ4v) is 4.59. The Kier molecular flexibility index (Phi) is 3.41. The van der Waals surface area contributed by atoms with Crippen LogP contribution in [0.5, 0.6) is 11.5 Å². The molecule has 0 radical (unpaired) electrons. The van der Waals surface area contributed by atoms with Gasteiger partial charge in [0.15, 0.2) is 5.75 Å². The van der Waals surface area contributed by atoms with Crippen LogP contribution < -0.4 is 9.64 Å². The van der Waals surface area contributed by atoms with Crippen LogP contribution >= 0.6 is 0 Å². The van der Waals surface area contributed by atoms with E-state index in [1.54, 1.807) is 48.5 Å².